The van der Waals surface area contributed by atoms with Crippen LogP contribution < -0.4 is 14.5 Å². The van der Waals surface area contributed by atoms with Crippen LogP contribution >= 0.6 is 0 Å². The van der Waals surface area contributed by atoms with Crippen molar-refractivity contribution in [2.75, 3.05) is 24.2 Å². The van der Waals surface area contributed by atoms with Gasteiger partial charge in [-0.3, -0.25) is 0 Å². The Labute approximate surface area is 198 Å². The van der Waals surface area contributed by atoms with E-state index in [0.29, 0.717) is 23.0 Å². The molecule has 3 heterocycles. The summed E-state index contributed by atoms with van der Waals surface area (Å²) in [6, 6.07) is 8.26. The van der Waals surface area contributed by atoms with Gasteiger partial charge in [-0.1, -0.05) is 17.3 Å². The number of rotatable bonds is 7. The van der Waals surface area contributed by atoms with E-state index < -0.39 is 9.84 Å². The molecule has 2 aromatic heterocycles. The Hall–Kier alpha value is -3.60. The minimum absolute atomic E-state index is 0.0139. The first-order valence-electron chi connectivity index (χ1n) is 10.8. The quantitative estimate of drug-likeness (QED) is 0.370. The molecule has 1 aliphatic rings. The van der Waals surface area contributed by atoms with Crippen molar-refractivity contribution in [3.8, 4) is 11.8 Å². The fourth-order valence-electron chi connectivity index (χ4n) is 3.52. The molecule has 1 aliphatic heterocycles. The van der Waals surface area contributed by atoms with E-state index in [1.165, 1.54) is 12.6 Å². The van der Waals surface area contributed by atoms with Crippen molar-refractivity contribution in [3.63, 3.8) is 0 Å². The monoisotopic (exact) mass is 482 g/mol. The summed E-state index contributed by atoms with van der Waals surface area (Å²) in [4.78, 5) is 25.0. The van der Waals surface area contributed by atoms with Crippen molar-refractivity contribution in [1.29, 1.82) is 0 Å². The zero-order chi connectivity index (χ0) is 24.1. The number of anilines is 1. The average molecular weight is 483 g/mol. The molecule has 10 nitrogen and oxygen atoms in total. The van der Waals surface area contributed by atoms with Crippen LogP contribution in [0.5, 0.6) is 11.8 Å². The van der Waals surface area contributed by atoms with E-state index in [1.54, 1.807) is 49.6 Å². The molecular formula is C23H26N6O4S. The number of aromatic nitrogens is 4. The van der Waals surface area contributed by atoms with Gasteiger partial charge < -0.3 is 14.5 Å². The summed E-state index contributed by atoms with van der Waals surface area (Å²) in [5, 5.41) is 4.15. The summed E-state index contributed by atoms with van der Waals surface area (Å²) in [6.45, 7) is 5.19. The van der Waals surface area contributed by atoms with Gasteiger partial charge >= 0.3 is 0 Å². The van der Waals surface area contributed by atoms with Crippen molar-refractivity contribution in [2.24, 2.45) is 5.16 Å². The Kier molecular flexibility index (Phi) is 7.01. The summed E-state index contributed by atoms with van der Waals surface area (Å²) in [5.74, 6) is 1.49. The van der Waals surface area contributed by atoms with E-state index in [1.807, 2.05) is 6.92 Å². The van der Waals surface area contributed by atoms with Gasteiger partial charge in [-0.05, 0) is 37.6 Å². The lowest BCUT2D eigenvalue weighted by Gasteiger charge is -2.32. The highest BCUT2D eigenvalue weighted by atomic mass is 32.2. The summed E-state index contributed by atoms with van der Waals surface area (Å²) in [5.41, 5.74) is 1.97. The highest BCUT2D eigenvalue weighted by molar-refractivity contribution is 7.90. The molecule has 1 fully saturated rings. The highest BCUT2D eigenvalue weighted by Gasteiger charge is 2.23. The molecular weight excluding hydrogens is 456 g/mol. The molecule has 0 bridgehead atoms. The van der Waals surface area contributed by atoms with Gasteiger partial charge in [0.05, 0.1) is 16.2 Å². The molecule has 4 rings (SSSR count). The summed E-state index contributed by atoms with van der Waals surface area (Å²) >= 11 is 0. The van der Waals surface area contributed by atoms with Gasteiger partial charge in [0.15, 0.2) is 9.84 Å². The van der Waals surface area contributed by atoms with Gasteiger partial charge in [-0.25, -0.2) is 23.4 Å². The van der Waals surface area contributed by atoms with Crippen LogP contribution in [0.1, 0.15) is 30.9 Å². The molecule has 0 N–H and O–H groups in total. The number of benzene rings is 1. The lowest BCUT2D eigenvalue weighted by molar-refractivity contribution is 0.160. The molecule has 0 saturated carbocycles. The van der Waals surface area contributed by atoms with E-state index in [2.05, 4.69) is 30.0 Å². The lowest BCUT2D eigenvalue weighted by Crippen LogP contribution is -2.39. The number of hydrogen-bond acceptors (Lipinski definition) is 10. The molecule has 11 heteroatoms. The first-order valence-corrected chi connectivity index (χ1v) is 12.7. The summed E-state index contributed by atoms with van der Waals surface area (Å²) in [6.07, 6.45) is 7.69. The second-order valence-electron chi connectivity index (χ2n) is 8.03. The molecule has 1 saturated heterocycles. The first-order chi connectivity index (χ1) is 16.3. The minimum Gasteiger partial charge on any atom is -0.474 e. The van der Waals surface area contributed by atoms with Crippen molar-refractivity contribution >= 4 is 21.5 Å². The Morgan fingerprint density at radius 1 is 1.03 bits per heavy atom. The van der Waals surface area contributed by atoms with Crippen LogP contribution in [0.4, 0.5) is 5.95 Å². The number of piperidine rings is 1. The summed E-state index contributed by atoms with van der Waals surface area (Å²) < 4.78 is 29.4. The zero-order valence-corrected chi connectivity index (χ0v) is 20.1. The smallest absolute Gasteiger partial charge is 0.258 e. The largest absolute Gasteiger partial charge is 0.474 e. The molecule has 0 atom stereocenters. The number of sulfone groups is 1. The topological polar surface area (TPSA) is 120 Å². The van der Waals surface area contributed by atoms with E-state index in [4.69, 9.17) is 9.57 Å². The predicted molar refractivity (Wildman–Crippen MR) is 127 cm³/mol. The fraction of sp³-hybridized carbons (Fsp3) is 0.348. The normalized spacial score (nSPS) is 15.3. The second-order valence-corrected chi connectivity index (χ2v) is 10.0. The molecule has 0 spiro atoms. The molecule has 178 valence electrons. The number of hydrogen-bond donors (Lipinski definition) is 0. The number of nitrogens with zero attached hydrogens (tertiary/aromatic N) is 6. The molecule has 3 aromatic rings. The van der Waals surface area contributed by atoms with Gasteiger partial charge in [0.25, 0.3) is 5.88 Å². The SMILES string of the molecule is C/C(=N/Oc1ncnc(OC2CCN(c3ncccn3)CC2)c1C)c1ccc(S(C)(=O)=O)cc1. The zero-order valence-electron chi connectivity index (χ0n) is 19.2. The standard InChI is InChI=1S/C23H26N6O4S/c1-16-21(32-19-9-13-29(14-10-19)23-24-11-4-12-25-23)26-15-27-22(16)33-28-17(2)18-5-7-20(8-6-18)34(3,30)31/h4-8,11-12,15,19H,9-10,13-14H2,1-3H3/b28-17-. The van der Waals surface area contributed by atoms with Crippen molar-refractivity contribution in [2.45, 2.75) is 37.7 Å². The molecule has 34 heavy (non-hydrogen) atoms. The van der Waals surface area contributed by atoms with Crippen molar-refractivity contribution in [1.82, 2.24) is 19.9 Å². The molecule has 0 amide bonds. The Morgan fingerprint density at radius 3 is 2.32 bits per heavy atom. The minimum atomic E-state index is -3.25. The van der Waals surface area contributed by atoms with E-state index in [-0.39, 0.29) is 11.0 Å². The molecule has 0 radical (unpaired) electrons. The van der Waals surface area contributed by atoms with Crippen LogP contribution in [0.25, 0.3) is 0 Å². The van der Waals surface area contributed by atoms with Gasteiger partial charge in [0.1, 0.15) is 12.4 Å². The van der Waals surface area contributed by atoms with E-state index >= 15 is 0 Å². The van der Waals surface area contributed by atoms with Gasteiger partial charge in [0.2, 0.25) is 11.8 Å². The number of oxime groups is 1. The number of ether oxygens (including phenoxy) is 1. The van der Waals surface area contributed by atoms with Crippen LogP contribution in [0.2, 0.25) is 0 Å². The Bertz CT molecular complexity index is 1260. The Balaban J connectivity index is 1.38. The van der Waals surface area contributed by atoms with Gasteiger partial charge in [-0.15, -0.1) is 0 Å². The molecule has 1 aromatic carbocycles. The maximum Gasteiger partial charge on any atom is 0.258 e. The average Bonchev–Trinajstić information content (AvgIpc) is 2.85. The molecule has 0 unspecified atom stereocenters. The lowest BCUT2D eigenvalue weighted by atomic mass is 10.1. The van der Waals surface area contributed by atoms with Crippen LogP contribution in [-0.4, -0.2) is 59.5 Å². The first kappa shape index (κ1) is 23.6. The predicted octanol–water partition coefficient (Wildman–Crippen LogP) is 2.83. The van der Waals surface area contributed by atoms with E-state index in [0.717, 1.165) is 37.4 Å². The van der Waals surface area contributed by atoms with Crippen LogP contribution in [-0.2, 0) is 9.84 Å². The third kappa shape index (κ3) is 5.66. The maximum atomic E-state index is 11.6. The fourth-order valence-corrected chi connectivity index (χ4v) is 4.15. The second kappa shape index (κ2) is 10.1. The third-order valence-electron chi connectivity index (χ3n) is 5.52. The summed E-state index contributed by atoms with van der Waals surface area (Å²) in [7, 11) is -3.25. The maximum absolute atomic E-state index is 11.6. The van der Waals surface area contributed by atoms with Crippen molar-refractivity contribution in [3.05, 3.63) is 60.2 Å². The van der Waals surface area contributed by atoms with Gasteiger partial charge in [0, 0.05) is 44.6 Å². The third-order valence-corrected chi connectivity index (χ3v) is 6.64. The van der Waals surface area contributed by atoms with Crippen LogP contribution in [0.15, 0.2) is 59.1 Å². The van der Waals surface area contributed by atoms with Crippen molar-refractivity contribution < 1.29 is 18.0 Å². The Morgan fingerprint density at radius 2 is 1.68 bits per heavy atom. The van der Waals surface area contributed by atoms with Crippen LogP contribution in [0, 0.1) is 6.92 Å². The van der Waals surface area contributed by atoms with E-state index in [9.17, 15) is 8.42 Å². The highest BCUT2D eigenvalue weighted by Crippen LogP contribution is 2.26. The van der Waals surface area contributed by atoms with Gasteiger partial charge in [-0.2, -0.15) is 4.98 Å². The molecule has 0 aliphatic carbocycles. The van der Waals surface area contributed by atoms with Crippen LogP contribution in [0.3, 0.4) is 0 Å².